The van der Waals surface area contributed by atoms with E-state index >= 15 is 0 Å². The third-order valence-corrected chi connectivity index (χ3v) is 1.71. The molecular weight excluding hydrogens is 208 g/mol. The first-order chi connectivity index (χ1) is 7.52. The maximum Gasteiger partial charge on any atom is 0.308 e. The molecule has 0 aromatic heterocycles. The molecule has 0 aliphatic rings. The highest BCUT2D eigenvalue weighted by molar-refractivity contribution is 5.74. The summed E-state index contributed by atoms with van der Waals surface area (Å²) >= 11 is 0. The quantitative estimate of drug-likeness (QED) is 0.578. The standard InChI is InChI=1S/C12H12O4/c1-4-10-5-6-11(15-8(2)13)12(7-10)16-9(3)14/h4-7H,1H2,2-3H3. The van der Waals surface area contributed by atoms with Crippen molar-refractivity contribution in [2.45, 2.75) is 13.8 Å². The first-order valence-electron chi connectivity index (χ1n) is 4.66. The molecule has 0 aliphatic heterocycles. The summed E-state index contributed by atoms with van der Waals surface area (Å²) in [6.07, 6.45) is 1.60. The number of benzene rings is 1. The van der Waals surface area contributed by atoms with Gasteiger partial charge in [-0.2, -0.15) is 0 Å². The van der Waals surface area contributed by atoms with Crippen molar-refractivity contribution < 1.29 is 19.1 Å². The van der Waals surface area contributed by atoms with Crippen molar-refractivity contribution in [2.24, 2.45) is 0 Å². The van der Waals surface area contributed by atoms with Crippen molar-refractivity contribution in [3.05, 3.63) is 30.3 Å². The molecule has 1 rings (SSSR count). The lowest BCUT2D eigenvalue weighted by Crippen LogP contribution is -2.07. The molecule has 16 heavy (non-hydrogen) atoms. The van der Waals surface area contributed by atoms with Crippen LogP contribution >= 0.6 is 0 Å². The van der Waals surface area contributed by atoms with E-state index in [4.69, 9.17) is 9.47 Å². The average molecular weight is 220 g/mol. The van der Waals surface area contributed by atoms with Crippen LogP contribution in [0.1, 0.15) is 19.4 Å². The zero-order valence-corrected chi connectivity index (χ0v) is 9.15. The molecule has 4 heteroatoms. The number of hydrogen-bond acceptors (Lipinski definition) is 4. The summed E-state index contributed by atoms with van der Waals surface area (Å²) in [6.45, 7) is 6.15. The van der Waals surface area contributed by atoms with Crippen molar-refractivity contribution in [3.8, 4) is 11.5 Å². The van der Waals surface area contributed by atoms with Crippen molar-refractivity contribution in [3.63, 3.8) is 0 Å². The number of carbonyl (C=O) groups excluding carboxylic acids is 2. The van der Waals surface area contributed by atoms with Gasteiger partial charge in [0.15, 0.2) is 11.5 Å². The molecule has 0 unspecified atom stereocenters. The van der Waals surface area contributed by atoms with Gasteiger partial charge in [-0.1, -0.05) is 18.7 Å². The zero-order chi connectivity index (χ0) is 12.1. The molecule has 0 N–H and O–H groups in total. The molecule has 0 radical (unpaired) electrons. The maximum absolute atomic E-state index is 10.9. The fraction of sp³-hybridized carbons (Fsp3) is 0.167. The van der Waals surface area contributed by atoms with Gasteiger partial charge < -0.3 is 9.47 Å². The molecule has 0 bridgehead atoms. The first kappa shape index (κ1) is 12.0. The van der Waals surface area contributed by atoms with Crippen LogP contribution in [0.5, 0.6) is 11.5 Å². The van der Waals surface area contributed by atoms with Gasteiger partial charge >= 0.3 is 11.9 Å². The second-order valence-corrected chi connectivity index (χ2v) is 3.10. The number of carbonyl (C=O) groups is 2. The lowest BCUT2D eigenvalue weighted by molar-refractivity contribution is -0.134. The molecule has 4 nitrogen and oxygen atoms in total. The Balaban J connectivity index is 3.09. The largest absolute Gasteiger partial charge is 0.423 e. The summed E-state index contributed by atoms with van der Waals surface area (Å²) in [7, 11) is 0. The predicted molar refractivity (Wildman–Crippen MR) is 59.2 cm³/mol. The fourth-order valence-electron chi connectivity index (χ4n) is 1.13. The highest BCUT2D eigenvalue weighted by atomic mass is 16.6. The second kappa shape index (κ2) is 5.11. The van der Waals surface area contributed by atoms with Crippen LogP contribution in [-0.4, -0.2) is 11.9 Å². The summed E-state index contributed by atoms with van der Waals surface area (Å²) < 4.78 is 9.82. The molecule has 0 atom stereocenters. The van der Waals surface area contributed by atoms with Crippen molar-refractivity contribution >= 4 is 18.0 Å². The Bertz CT molecular complexity index is 435. The van der Waals surface area contributed by atoms with Gasteiger partial charge in [0.25, 0.3) is 0 Å². The molecule has 0 fully saturated rings. The van der Waals surface area contributed by atoms with Gasteiger partial charge in [-0.3, -0.25) is 9.59 Å². The van der Waals surface area contributed by atoms with Crippen LogP contribution in [0.3, 0.4) is 0 Å². The van der Waals surface area contributed by atoms with Crippen molar-refractivity contribution in [2.75, 3.05) is 0 Å². The van der Waals surface area contributed by atoms with Crippen LogP contribution in [0.4, 0.5) is 0 Å². The lowest BCUT2D eigenvalue weighted by atomic mass is 10.2. The lowest BCUT2D eigenvalue weighted by Gasteiger charge is -2.08. The minimum atomic E-state index is -0.477. The maximum atomic E-state index is 10.9. The average Bonchev–Trinajstić information content (AvgIpc) is 2.19. The Morgan fingerprint density at radius 1 is 1.12 bits per heavy atom. The van der Waals surface area contributed by atoms with Crippen LogP contribution < -0.4 is 9.47 Å². The Morgan fingerprint density at radius 2 is 1.69 bits per heavy atom. The van der Waals surface area contributed by atoms with E-state index in [2.05, 4.69) is 6.58 Å². The van der Waals surface area contributed by atoms with E-state index in [1.54, 1.807) is 24.3 Å². The Morgan fingerprint density at radius 3 is 2.19 bits per heavy atom. The van der Waals surface area contributed by atoms with E-state index in [1.807, 2.05) is 0 Å². The molecule has 1 aromatic rings. The van der Waals surface area contributed by atoms with E-state index in [1.165, 1.54) is 13.8 Å². The van der Waals surface area contributed by atoms with E-state index in [-0.39, 0.29) is 11.5 Å². The monoisotopic (exact) mass is 220 g/mol. The van der Waals surface area contributed by atoms with E-state index < -0.39 is 11.9 Å². The molecule has 0 heterocycles. The molecule has 84 valence electrons. The summed E-state index contributed by atoms with van der Waals surface area (Å²) in [5.41, 5.74) is 0.771. The predicted octanol–water partition coefficient (Wildman–Crippen LogP) is 2.18. The van der Waals surface area contributed by atoms with Gasteiger partial charge in [0.2, 0.25) is 0 Å². The number of esters is 2. The molecule has 0 amide bonds. The summed E-state index contributed by atoms with van der Waals surface area (Å²) in [5.74, 6) is -0.525. The molecule has 0 spiro atoms. The molecule has 0 aliphatic carbocycles. The minimum Gasteiger partial charge on any atom is -0.423 e. The summed E-state index contributed by atoms with van der Waals surface area (Å²) in [4.78, 5) is 21.7. The molecule has 1 aromatic carbocycles. The molecule has 0 saturated carbocycles. The first-order valence-corrected chi connectivity index (χ1v) is 4.66. The normalized spacial score (nSPS) is 9.38. The smallest absolute Gasteiger partial charge is 0.308 e. The van der Waals surface area contributed by atoms with Crippen molar-refractivity contribution in [1.29, 1.82) is 0 Å². The van der Waals surface area contributed by atoms with Crippen molar-refractivity contribution in [1.82, 2.24) is 0 Å². The minimum absolute atomic E-state index is 0.208. The van der Waals surface area contributed by atoms with Crippen LogP contribution in [0.15, 0.2) is 24.8 Å². The fourth-order valence-corrected chi connectivity index (χ4v) is 1.13. The molecular formula is C12H12O4. The summed E-state index contributed by atoms with van der Waals surface area (Å²) in [5, 5.41) is 0. The summed E-state index contributed by atoms with van der Waals surface area (Å²) in [6, 6.07) is 4.83. The Hall–Kier alpha value is -2.10. The van der Waals surface area contributed by atoms with E-state index in [9.17, 15) is 9.59 Å². The third-order valence-electron chi connectivity index (χ3n) is 1.71. The number of rotatable bonds is 3. The van der Waals surface area contributed by atoms with Gasteiger partial charge in [0.1, 0.15) is 0 Å². The molecule has 0 saturated heterocycles. The van der Waals surface area contributed by atoms with Crippen LogP contribution in [-0.2, 0) is 9.59 Å². The van der Waals surface area contributed by atoms with Crippen LogP contribution in [0, 0.1) is 0 Å². The highest BCUT2D eigenvalue weighted by Gasteiger charge is 2.10. The third kappa shape index (κ3) is 3.24. The second-order valence-electron chi connectivity index (χ2n) is 3.10. The zero-order valence-electron chi connectivity index (χ0n) is 9.15. The highest BCUT2D eigenvalue weighted by Crippen LogP contribution is 2.29. The van der Waals surface area contributed by atoms with Gasteiger partial charge in [-0.05, 0) is 17.7 Å². The number of ether oxygens (including phenoxy) is 2. The van der Waals surface area contributed by atoms with Gasteiger partial charge in [-0.15, -0.1) is 0 Å². The number of hydrogen-bond donors (Lipinski definition) is 0. The van der Waals surface area contributed by atoms with E-state index in [0.717, 1.165) is 5.56 Å². The Kier molecular flexibility index (Phi) is 3.83. The van der Waals surface area contributed by atoms with Gasteiger partial charge in [0.05, 0.1) is 0 Å². The van der Waals surface area contributed by atoms with E-state index in [0.29, 0.717) is 0 Å². The van der Waals surface area contributed by atoms with Gasteiger partial charge in [0, 0.05) is 13.8 Å². The van der Waals surface area contributed by atoms with Crippen LogP contribution in [0.2, 0.25) is 0 Å². The topological polar surface area (TPSA) is 52.6 Å². The van der Waals surface area contributed by atoms with Gasteiger partial charge in [-0.25, -0.2) is 0 Å². The Labute approximate surface area is 93.5 Å². The van der Waals surface area contributed by atoms with Crippen LogP contribution in [0.25, 0.3) is 6.08 Å². The SMILES string of the molecule is C=Cc1ccc(OC(C)=O)c(OC(C)=O)c1.